The molecule has 3 aromatic heterocycles. The molecule has 0 N–H and O–H groups in total. The standard InChI is InChI=1S/C23H18NO2/c1-2-6-19-18(5-1)21-13-23(16-8-11-25-14-16,17-9-12-26-15-17)22(19)20-7-3-4-10-24(20)21/h1-12,14-15,21-22H,13H2/q+1/t21-,22-/m0/s1. The summed E-state index contributed by atoms with van der Waals surface area (Å²) in [7, 11) is 0. The van der Waals surface area contributed by atoms with Crippen LogP contribution in [0.15, 0.2) is 94.7 Å². The molecule has 0 spiro atoms. The highest BCUT2D eigenvalue weighted by Gasteiger charge is 2.59. The molecule has 0 radical (unpaired) electrons. The van der Waals surface area contributed by atoms with Crippen molar-refractivity contribution >= 4 is 0 Å². The largest absolute Gasteiger partial charge is 0.472 e. The van der Waals surface area contributed by atoms with Crippen LogP contribution >= 0.6 is 0 Å². The molecule has 3 aliphatic rings. The van der Waals surface area contributed by atoms with Gasteiger partial charge in [-0.25, -0.2) is 0 Å². The molecule has 1 aromatic carbocycles. The molecular weight excluding hydrogens is 322 g/mol. The molecule has 3 heteroatoms. The van der Waals surface area contributed by atoms with Gasteiger partial charge in [-0.05, 0) is 17.7 Å². The summed E-state index contributed by atoms with van der Waals surface area (Å²) in [6.07, 6.45) is 10.6. The Morgan fingerprint density at radius 1 is 0.808 bits per heavy atom. The molecule has 0 amide bonds. The average molecular weight is 340 g/mol. The molecule has 0 saturated heterocycles. The number of rotatable bonds is 2. The Hall–Kier alpha value is -3.07. The summed E-state index contributed by atoms with van der Waals surface area (Å²) in [6, 6.07) is 20.0. The van der Waals surface area contributed by atoms with E-state index in [9.17, 15) is 0 Å². The minimum absolute atomic E-state index is 0.180. The first-order chi connectivity index (χ1) is 12.9. The Bertz CT molecular complexity index is 997. The van der Waals surface area contributed by atoms with Crippen LogP contribution in [0.5, 0.6) is 0 Å². The highest BCUT2D eigenvalue weighted by Crippen LogP contribution is 2.59. The van der Waals surface area contributed by atoms with Crippen molar-refractivity contribution in [1.29, 1.82) is 0 Å². The van der Waals surface area contributed by atoms with Crippen LogP contribution < -0.4 is 4.57 Å². The second-order valence-electron chi connectivity index (χ2n) is 7.31. The molecule has 2 bridgehead atoms. The van der Waals surface area contributed by atoms with E-state index in [0.717, 1.165) is 6.42 Å². The monoisotopic (exact) mass is 340 g/mol. The minimum Gasteiger partial charge on any atom is -0.472 e. The first-order valence-corrected chi connectivity index (χ1v) is 9.04. The fourth-order valence-electron chi connectivity index (χ4n) is 5.31. The third-order valence-corrected chi connectivity index (χ3v) is 6.30. The summed E-state index contributed by atoms with van der Waals surface area (Å²) in [4.78, 5) is 0. The number of fused-ring (bicyclic) bond motifs is 1. The van der Waals surface area contributed by atoms with E-state index in [1.54, 1.807) is 12.5 Å². The van der Waals surface area contributed by atoms with Crippen molar-refractivity contribution in [3.63, 3.8) is 0 Å². The molecule has 0 saturated carbocycles. The van der Waals surface area contributed by atoms with Gasteiger partial charge in [-0.1, -0.05) is 30.3 Å². The van der Waals surface area contributed by atoms with Crippen molar-refractivity contribution in [3.8, 4) is 0 Å². The molecule has 1 aliphatic carbocycles. The molecule has 2 aliphatic heterocycles. The number of hydrogen-bond donors (Lipinski definition) is 0. The zero-order valence-electron chi connectivity index (χ0n) is 14.2. The Morgan fingerprint density at radius 2 is 1.50 bits per heavy atom. The highest BCUT2D eigenvalue weighted by molar-refractivity contribution is 5.53. The van der Waals surface area contributed by atoms with Gasteiger partial charge in [0.1, 0.15) is 0 Å². The quantitative estimate of drug-likeness (QED) is 0.500. The fourth-order valence-corrected chi connectivity index (χ4v) is 5.31. The number of benzene rings is 1. The Balaban J connectivity index is 1.73. The molecule has 7 rings (SSSR count). The van der Waals surface area contributed by atoms with Crippen LogP contribution in [-0.2, 0) is 5.41 Å². The van der Waals surface area contributed by atoms with E-state index in [1.807, 2.05) is 12.5 Å². The maximum Gasteiger partial charge on any atom is 0.190 e. The fraction of sp³-hybridized carbons (Fsp3) is 0.174. The average Bonchev–Trinajstić information content (AvgIpc) is 3.42. The minimum atomic E-state index is -0.180. The lowest BCUT2D eigenvalue weighted by molar-refractivity contribution is -0.732. The van der Waals surface area contributed by atoms with Crippen LogP contribution in [0.25, 0.3) is 0 Å². The lowest BCUT2D eigenvalue weighted by atomic mass is 9.54. The molecule has 0 unspecified atom stereocenters. The molecule has 2 atom stereocenters. The van der Waals surface area contributed by atoms with E-state index >= 15 is 0 Å². The first-order valence-electron chi connectivity index (χ1n) is 9.04. The molecular formula is C23H18NO2+. The van der Waals surface area contributed by atoms with E-state index in [4.69, 9.17) is 8.83 Å². The van der Waals surface area contributed by atoms with Gasteiger partial charge in [-0.15, -0.1) is 0 Å². The van der Waals surface area contributed by atoms with E-state index in [0.29, 0.717) is 6.04 Å². The van der Waals surface area contributed by atoms with Crippen LogP contribution in [-0.4, -0.2) is 0 Å². The highest BCUT2D eigenvalue weighted by atomic mass is 16.3. The van der Waals surface area contributed by atoms with E-state index in [1.165, 1.54) is 27.9 Å². The Morgan fingerprint density at radius 3 is 2.19 bits per heavy atom. The third-order valence-electron chi connectivity index (χ3n) is 6.30. The van der Waals surface area contributed by atoms with Crippen LogP contribution in [0.4, 0.5) is 0 Å². The molecule has 126 valence electrons. The van der Waals surface area contributed by atoms with Gasteiger partial charge in [0.2, 0.25) is 0 Å². The van der Waals surface area contributed by atoms with Crippen molar-refractivity contribution in [1.82, 2.24) is 0 Å². The Kier molecular flexibility index (Phi) is 2.71. The molecule has 26 heavy (non-hydrogen) atoms. The zero-order valence-corrected chi connectivity index (χ0v) is 14.2. The number of hydrogen-bond acceptors (Lipinski definition) is 2. The van der Waals surface area contributed by atoms with Gasteiger partial charge in [0.05, 0.1) is 36.4 Å². The summed E-state index contributed by atoms with van der Waals surface area (Å²) < 4.78 is 13.5. The van der Waals surface area contributed by atoms with E-state index in [-0.39, 0.29) is 11.3 Å². The van der Waals surface area contributed by atoms with Gasteiger partial charge in [0, 0.05) is 35.2 Å². The van der Waals surface area contributed by atoms with Crippen LogP contribution in [0.1, 0.15) is 46.3 Å². The SMILES string of the molecule is c1ccc2c(c1)[C@H]1c3cccc[n+]3[C@H]2CC1(c1ccoc1)c1ccoc1. The topological polar surface area (TPSA) is 30.2 Å². The Labute approximate surface area is 151 Å². The van der Waals surface area contributed by atoms with Crippen LogP contribution in [0.3, 0.4) is 0 Å². The lowest BCUT2D eigenvalue weighted by Crippen LogP contribution is -2.59. The normalized spacial score (nSPS) is 22.0. The predicted molar refractivity (Wildman–Crippen MR) is 95.9 cm³/mol. The van der Waals surface area contributed by atoms with Gasteiger partial charge in [-0.2, -0.15) is 4.57 Å². The second-order valence-corrected chi connectivity index (χ2v) is 7.31. The van der Waals surface area contributed by atoms with E-state index in [2.05, 4.69) is 65.4 Å². The molecule has 3 nitrogen and oxygen atoms in total. The van der Waals surface area contributed by atoms with Gasteiger partial charge >= 0.3 is 0 Å². The second kappa shape index (κ2) is 4.98. The van der Waals surface area contributed by atoms with Crippen molar-refractivity contribution in [2.24, 2.45) is 0 Å². The smallest absolute Gasteiger partial charge is 0.190 e. The maximum absolute atomic E-state index is 5.54. The van der Waals surface area contributed by atoms with E-state index < -0.39 is 0 Å². The zero-order chi connectivity index (χ0) is 17.1. The molecule has 5 heterocycles. The molecule has 0 fully saturated rings. The van der Waals surface area contributed by atoms with Gasteiger partial charge in [0.15, 0.2) is 17.9 Å². The number of nitrogens with zero attached hydrogens (tertiary/aromatic N) is 1. The summed E-state index contributed by atoms with van der Waals surface area (Å²) in [5, 5.41) is 0. The summed E-state index contributed by atoms with van der Waals surface area (Å²) in [6.45, 7) is 0. The third kappa shape index (κ3) is 1.61. The van der Waals surface area contributed by atoms with Crippen molar-refractivity contribution < 1.29 is 13.4 Å². The van der Waals surface area contributed by atoms with Gasteiger partial charge < -0.3 is 8.83 Å². The van der Waals surface area contributed by atoms with Crippen LogP contribution in [0.2, 0.25) is 0 Å². The van der Waals surface area contributed by atoms with Crippen LogP contribution in [0, 0.1) is 0 Å². The molecule has 4 aromatic rings. The summed E-state index contributed by atoms with van der Waals surface area (Å²) >= 11 is 0. The number of aromatic nitrogens is 1. The van der Waals surface area contributed by atoms with Crippen molar-refractivity contribution in [3.05, 3.63) is 114 Å². The maximum atomic E-state index is 5.54. The van der Waals surface area contributed by atoms with Gasteiger partial charge in [-0.3, -0.25) is 0 Å². The summed E-state index contributed by atoms with van der Waals surface area (Å²) in [5.41, 5.74) is 6.46. The first kappa shape index (κ1) is 14.1. The van der Waals surface area contributed by atoms with Crippen molar-refractivity contribution in [2.75, 3.05) is 0 Å². The predicted octanol–water partition coefficient (Wildman–Crippen LogP) is 4.58. The lowest BCUT2D eigenvalue weighted by Gasteiger charge is -2.48. The summed E-state index contributed by atoms with van der Waals surface area (Å²) in [5.74, 6) is 0.222. The van der Waals surface area contributed by atoms with Crippen molar-refractivity contribution in [2.45, 2.75) is 23.8 Å². The van der Waals surface area contributed by atoms with Gasteiger partial charge in [0.25, 0.3) is 0 Å². The number of pyridine rings is 1. The number of furan rings is 2.